The van der Waals surface area contributed by atoms with Crippen molar-refractivity contribution in [2.45, 2.75) is 33.2 Å². The lowest BCUT2D eigenvalue weighted by Gasteiger charge is -2.34. The maximum Gasteiger partial charge on any atom is 0.126 e. The number of nitrogens with two attached hydrogens (primary N) is 1. The van der Waals surface area contributed by atoms with Gasteiger partial charge in [0.05, 0.1) is 5.54 Å². The second-order valence-electron chi connectivity index (χ2n) is 4.72. The molecule has 0 spiro atoms. The third kappa shape index (κ3) is 2.95. The van der Waals surface area contributed by atoms with Gasteiger partial charge in [0, 0.05) is 17.2 Å². The van der Waals surface area contributed by atoms with Gasteiger partial charge in [0.15, 0.2) is 0 Å². The quantitative estimate of drug-likeness (QED) is 0.894. The van der Waals surface area contributed by atoms with Gasteiger partial charge in [-0.25, -0.2) is 4.98 Å². The number of nitrogens with one attached hydrogen (secondary N) is 1. The minimum absolute atomic E-state index is 0.118. The molecule has 0 radical (unpaired) electrons. The summed E-state index contributed by atoms with van der Waals surface area (Å²) in [4.78, 5) is 4.34. The third-order valence-corrected chi connectivity index (χ3v) is 3.99. The number of aromatic nitrogens is 1. The summed E-state index contributed by atoms with van der Waals surface area (Å²) in [5.41, 5.74) is 6.87. The molecule has 1 heterocycles. The number of anilines is 1. The molecule has 1 unspecified atom stereocenters. The van der Waals surface area contributed by atoms with Crippen LogP contribution in [0, 0.1) is 12.8 Å². The van der Waals surface area contributed by atoms with Crippen LogP contribution in [0.3, 0.4) is 0 Å². The summed E-state index contributed by atoms with van der Waals surface area (Å²) in [6, 6.07) is 2.03. The molecule has 0 saturated heterocycles. The summed E-state index contributed by atoms with van der Waals surface area (Å²) in [6.07, 6.45) is 1.81. The van der Waals surface area contributed by atoms with E-state index in [9.17, 15) is 0 Å². The Bertz CT molecular complexity index is 365. The number of nitrogens with zero attached hydrogens (tertiary/aromatic N) is 1. The molecule has 0 saturated carbocycles. The predicted molar refractivity (Wildman–Crippen MR) is 72.6 cm³/mol. The second-order valence-corrected chi connectivity index (χ2v) is 5.57. The van der Waals surface area contributed by atoms with Gasteiger partial charge in [-0.05, 0) is 47.3 Å². The zero-order valence-electron chi connectivity index (χ0n) is 10.3. The van der Waals surface area contributed by atoms with Gasteiger partial charge in [-0.3, -0.25) is 0 Å². The van der Waals surface area contributed by atoms with E-state index in [4.69, 9.17) is 5.73 Å². The number of aryl methyl sites for hydroxylation is 1. The largest absolute Gasteiger partial charge is 0.363 e. The summed E-state index contributed by atoms with van der Waals surface area (Å²) in [7, 11) is 0. The Labute approximate surface area is 106 Å². The first-order valence-corrected chi connectivity index (χ1v) is 6.28. The fourth-order valence-electron chi connectivity index (χ4n) is 1.33. The first-order valence-electron chi connectivity index (χ1n) is 5.49. The van der Waals surface area contributed by atoms with Crippen LogP contribution in [0.25, 0.3) is 0 Å². The Morgan fingerprint density at radius 1 is 1.56 bits per heavy atom. The highest BCUT2D eigenvalue weighted by atomic mass is 79.9. The number of hydrogen-bond acceptors (Lipinski definition) is 3. The van der Waals surface area contributed by atoms with Crippen LogP contribution in [-0.4, -0.2) is 17.1 Å². The van der Waals surface area contributed by atoms with E-state index in [1.807, 2.05) is 19.2 Å². The van der Waals surface area contributed by atoms with E-state index in [-0.39, 0.29) is 5.54 Å². The molecular formula is C12H20BrN3. The monoisotopic (exact) mass is 285 g/mol. The highest BCUT2D eigenvalue weighted by molar-refractivity contribution is 9.10. The van der Waals surface area contributed by atoms with Crippen LogP contribution in [0.2, 0.25) is 0 Å². The van der Waals surface area contributed by atoms with E-state index in [0.717, 1.165) is 10.3 Å². The molecule has 1 atom stereocenters. The number of halogens is 1. The summed E-state index contributed by atoms with van der Waals surface area (Å²) >= 11 is 3.44. The zero-order chi connectivity index (χ0) is 12.3. The van der Waals surface area contributed by atoms with Crippen molar-refractivity contribution in [3.05, 3.63) is 22.3 Å². The van der Waals surface area contributed by atoms with Crippen molar-refractivity contribution in [1.82, 2.24) is 4.98 Å². The normalized spacial score (nSPS) is 14.9. The first-order chi connectivity index (χ1) is 7.39. The first kappa shape index (κ1) is 13.5. The molecule has 4 heteroatoms. The lowest BCUT2D eigenvalue weighted by atomic mass is 9.88. The summed E-state index contributed by atoms with van der Waals surface area (Å²) in [5, 5.41) is 3.42. The van der Waals surface area contributed by atoms with Crippen LogP contribution in [0.15, 0.2) is 16.7 Å². The molecule has 0 aliphatic rings. The molecule has 3 nitrogen and oxygen atoms in total. The van der Waals surface area contributed by atoms with Crippen molar-refractivity contribution in [1.29, 1.82) is 0 Å². The molecule has 0 aliphatic carbocycles. The topological polar surface area (TPSA) is 50.9 Å². The molecule has 0 aromatic carbocycles. The third-order valence-electron chi connectivity index (χ3n) is 3.16. The predicted octanol–water partition coefficient (Wildman–Crippen LogP) is 2.94. The van der Waals surface area contributed by atoms with Crippen LogP contribution < -0.4 is 11.1 Å². The number of rotatable bonds is 4. The smallest absolute Gasteiger partial charge is 0.126 e. The minimum Gasteiger partial charge on any atom is -0.363 e. The van der Waals surface area contributed by atoms with Gasteiger partial charge >= 0.3 is 0 Å². The Morgan fingerprint density at radius 3 is 2.62 bits per heavy atom. The van der Waals surface area contributed by atoms with Gasteiger partial charge in [-0.2, -0.15) is 0 Å². The maximum absolute atomic E-state index is 5.82. The number of hydrogen-bond donors (Lipinski definition) is 2. The van der Waals surface area contributed by atoms with Crippen LogP contribution in [0.4, 0.5) is 5.82 Å². The van der Waals surface area contributed by atoms with Crippen molar-refractivity contribution in [2.75, 3.05) is 11.9 Å². The molecular weight excluding hydrogens is 266 g/mol. The van der Waals surface area contributed by atoms with Gasteiger partial charge in [0.1, 0.15) is 5.82 Å². The van der Waals surface area contributed by atoms with Crippen LogP contribution in [-0.2, 0) is 0 Å². The maximum atomic E-state index is 5.82. The fraction of sp³-hybridized carbons (Fsp3) is 0.583. The van der Waals surface area contributed by atoms with E-state index in [1.54, 1.807) is 0 Å². The van der Waals surface area contributed by atoms with E-state index in [1.165, 1.54) is 5.56 Å². The van der Waals surface area contributed by atoms with Crippen molar-refractivity contribution in [3.63, 3.8) is 0 Å². The van der Waals surface area contributed by atoms with E-state index in [2.05, 4.69) is 47.0 Å². The van der Waals surface area contributed by atoms with Gasteiger partial charge in [0.2, 0.25) is 0 Å². The number of pyridine rings is 1. The molecule has 90 valence electrons. The average molecular weight is 286 g/mol. The average Bonchev–Trinajstić information content (AvgIpc) is 2.23. The molecule has 3 N–H and O–H groups in total. The summed E-state index contributed by atoms with van der Waals surface area (Å²) < 4.78 is 1.03. The highest BCUT2D eigenvalue weighted by Gasteiger charge is 2.26. The van der Waals surface area contributed by atoms with Gasteiger partial charge < -0.3 is 11.1 Å². The van der Waals surface area contributed by atoms with Crippen molar-refractivity contribution < 1.29 is 0 Å². The molecule has 1 rings (SSSR count). The SMILES string of the molecule is Cc1cc(NC(C)(CN)C(C)C)ncc1Br. The van der Waals surface area contributed by atoms with Crippen molar-refractivity contribution in [2.24, 2.45) is 11.7 Å². The molecule has 0 amide bonds. The molecule has 0 aliphatic heterocycles. The second kappa shape index (κ2) is 5.15. The molecule has 1 aromatic heterocycles. The van der Waals surface area contributed by atoms with Gasteiger partial charge in [-0.15, -0.1) is 0 Å². The van der Waals surface area contributed by atoms with Crippen LogP contribution >= 0.6 is 15.9 Å². The Hall–Kier alpha value is -0.610. The molecule has 0 fully saturated rings. The standard InChI is InChI=1S/C12H20BrN3/c1-8(2)12(4,7-14)16-11-5-9(3)10(13)6-15-11/h5-6,8H,7,14H2,1-4H3,(H,15,16). The minimum atomic E-state index is -0.118. The van der Waals surface area contributed by atoms with Crippen molar-refractivity contribution >= 4 is 21.7 Å². The zero-order valence-corrected chi connectivity index (χ0v) is 11.9. The molecule has 16 heavy (non-hydrogen) atoms. The summed E-state index contributed by atoms with van der Waals surface area (Å²) in [6.45, 7) is 9.07. The summed E-state index contributed by atoms with van der Waals surface area (Å²) in [5.74, 6) is 1.32. The van der Waals surface area contributed by atoms with Gasteiger partial charge in [-0.1, -0.05) is 13.8 Å². The fourth-order valence-corrected chi connectivity index (χ4v) is 1.55. The Balaban J connectivity index is 2.90. The van der Waals surface area contributed by atoms with Crippen LogP contribution in [0.1, 0.15) is 26.3 Å². The van der Waals surface area contributed by atoms with Gasteiger partial charge in [0.25, 0.3) is 0 Å². The van der Waals surface area contributed by atoms with Crippen molar-refractivity contribution in [3.8, 4) is 0 Å². The molecule has 0 bridgehead atoms. The van der Waals surface area contributed by atoms with E-state index >= 15 is 0 Å². The Morgan fingerprint density at radius 2 is 2.19 bits per heavy atom. The van der Waals surface area contributed by atoms with E-state index in [0.29, 0.717) is 12.5 Å². The Kier molecular flexibility index (Phi) is 4.33. The lowest BCUT2D eigenvalue weighted by molar-refractivity contribution is 0.381. The highest BCUT2D eigenvalue weighted by Crippen LogP contribution is 2.23. The molecule has 1 aromatic rings. The van der Waals surface area contributed by atoms with Crippen LogP contribution in [0.5, 0.6) is 0 Å². The lowest BCUT2D eigenvalue weighted by Crippen LogP contribution is -2.47. The van der Waals surface area contributed by atoms with E-state index < -0.39 is 0 Å².